The summed E-state index contributed by atoms with van der Waals surface area (Å²) in [6, 6.07) is 13.3. The van der Waals surface area contributed by atoms with Crippen LogP contribution in [0.15, 0.2) is 53.4 Å². The van der Waals surface area contributed by atoms with Crippen LogP contribution in [-0.4, -0.2) is 43.8 Å². The number of anilines is 1. The highest BCUT2D eigenvalue weighted by atomic mass is 32.2. The summed E-state index contributed by atoms with van der Waals surface area (Å²) in [7, 11) is -0.449. The minimum absolute atomic E-state index is 0.145. The monoisotopic (exact) mass is 459 g/mol. The molecular formula is C22H25N3O4S2. The number of nitrogens with one attached hydrogen (secondary N) is 1. The van der Waals surface area contributed by atoms with Crippen molar-refractivity contribution in [2.24, 2.45) is 0 Å². The van der Waals surface area contributed by atoms with E-state index in [9.17, 15) is 13.2 Å². The van der Waals surface area contributed by atoms with Crippen molar-refractivity contribution in [3.63, 3.8) is 0 Å². The van der Waals surface area contributed by atoms with Crippen LogP contribution in [0.1, 0.15) is 29.1 Å². The number of methoxy groups -OCH3 is 1. The molecule has 0 unspecified atom stereocenters. The summed E-state index contributed by atoms with van der Waals surface area (Å²) in [6.45, 7) is 5.54. The Labute approximate surface area is 186 Å². The van der Waals surface area contributed by atoms with Crippen LogP contribution < -0.4 is 10.1 Å². The first kappa shape index (κ1) is 22.9. The van der Waals surface area contributed by atoms with Gasteiger partial charge in [0.2, 0.25) is 10.0 Å². The Balaban J connectivity index is 1.76. The van der Waals surface area contributed by atoms with Crippen molar-refractivity contribution in [3.05, 3.63) is 59.0 Å². The molecular weight excluding hydrogens is 434 g/mol. The predicted octanol–water partition coefficient (Wildman–Crippen LogP) is 4.41. The van der Waals surface area contributed by atoms with Crippen LogP contribution in [0.3, 0.4) is 0 Å². The molecule has 1 aromatic heterocycles. The first-order valence-electron chi connectivity index (χ1n) is 9.64. The number of amides is 1. The van der Waals surface area contributed by atoms with Gasteiger partial charge in [0.15, 0.2) is 5.13 Å². The second-order valence-electron chi connectivity index (χ2n) is 7.25. The second-order valence-corrected chi connectivity index (χ2v) is 10.4. The van der Waals surface area contributed by atoms with Gasteiger partial charge in [0.1, 0.15) is 5.75 Å². The highest BCUT2D eigenvalue weighted by molar-refractivity contribution is 7.89. The lowest BCUT2D eigenvalue weighted by atomic mass is 10.1. The number of thiazole rings is 1. The lowest BCUT2D eigenvalue weighted by Crippen LogP contribution is -2.33. The molecule has 0 aliphatic rings. The maximum absolute atomic E-state index is 12.6. The van der Waals surface area contributed by atoms with Crippen molar-refractivity contribution in [2.45, 2.75) is 31.7 Å². The molecule has 1 amide bonds. The maximum Gasteiger partial charge on any atom is 0.257 e. The number of aromatic nitrogens is 1. The standard InChI is InChI=1S/C22H25N3O4S2/c1-14(2)25(4)31(27,28)19-12-8-17(9-13-19)21(26)24-22-23-20(15(3)30-22)16-6-10-18(29-5)11-7-16/h6-14H,1-5H3,(H,23,24,26). The van der Waals surface area contributed by atoms with Gasteiger partial charge >= 0.3 is 0 Å². The van der Waals surface area contributed by atoms with E-state index in [-0.39, 0.29) is 16.8 Å². The number of rotatable bonds is 7. The lowest BCUT2D eigenvalue weighted by molar-refractivity contribution is 0.102. The summed E-state index contributed by atoms with van der Waals surface area (Å²) in [5, 5.41) is 3.27. The Morgan fingerprint density at radius 2 is 1.71 bits per heavy atom. The predicted molar refractivity (Wildman–Crippen MR) is 123 cm³/mol. The number of sulfonamides is 1. The number of benzene rings is 2. The van der Waals surface area contributed by atoms with Crippen molar-refractivity contribution >= 4 is 32.4 Å². The van der Waals surface area contributed by atoms with Gasteiger partial charge in [-0.15, -0.1) is 11.3 Å². The molecule has 9 heteroatoms. The minimum Gasteiger partial charge on any atom is -0.497 e. The molecule has 0 saturated carbocycles. The second kappa shape index (κ2) is 9.17. The zero-order valence-corrected chi connectivity index (χ0v) is 19.7. The minimum atomic E-state index is -3.60. The van der Waals surface area contributed by atoms with Crippen molar-refractivity contribution < 1.29 is 17.9 Å². The summed E-state index contributed by atoms with van der Waals surface area (Å²) >= 11 is 1.38. The molecule has 1 heterocycles. The number of hydrogen-bond donors (Lipinski definition) is 1. The molecule has 0 fully saturated rings. The van der Waals surface area contributed by atoms with Crippen LogP contribution >= 0.6 is 11.3 Å². The van der Waals surface area contributed by atoms with E-state index in [1.54, 1.807) is 21.0 Å². The molecule has 31 heavy (non-hydrogen) atoms. The number of ether oxygens (including phenoxy) is 1. The van der Waals surface area contributed by atoms with Gasteiger partial charge in [-0.05, 0) is 69.3 Å². The molecule has 1 N–H and O–H groups in total. The first-order chi connectivity index (χ1) is 14.6. The number of nitrogens with zero attached hydrogens (tertiary/aromatic N) is 2. The Kier molecular flexibility index (Phi) is 6.78. The van der Waals surface area contributed by atoms with Gasteiger partial charge in [-0.1, -0.05) is 0 Å². The fourth-order valence-corrected chi connectivity index (χ4v) is 5.06. The molecule has 0 spiro atoms. The Morgan fingerprint density at radius 1 is 1.10 bits per heavy atom. The average molecular weight is 460 g/mol. The first-order valence-corrected chi connectivity index (χ1v) is 11.9. The topological polar surface area (TPSA) is 88.6 Å². The largest absolute Gasteiger partial charge is 0.497 e. The molecule has 3 rings (SSSR count). The molecule has 0 aliphatic heterocycles. The van der Waals surface area contributed by atoms with Gasteiger partial charge in [-0.3, -0.25) is 10.1 Å². The number of aryl methyl sites for hydroxylation is 1. The average Bonchev–Trinajstić information content (AvgIpc) is 3.13. The summed E-state index contributed by atoms with van der Waals surface area (Å²) in [5.74, 6) is 0.409. The highest BCUT2D eigenvalue weighted by Crippen LogP contribution is 2.31. The fourth-order valence-electron chi connectivity index (χ4n) is 2.86. The van der Waals surface area contributed by atoms with Crippen LogP contribution in [0, 0.1) is 6.92 Å². The Bertz CT molecular complexity index is 1170. The molecule has 0 bridgehead atoms. The number of hydrogen-bond acceptors (Lipinski definition) is 6. The number of carbonyl (C=O) groups is 1. The van der Waals surface area contributed by atoms with E-state index in [4.69, 9.17) is 4.74 Å². The van der Waals surface area contributed by atoms with Crippen molar-refractivity contribution in [2.75, 3.05) is 19.5 Å². The third kappa shape index (κ3) is 4.95. The van der Waals surface area contributed by atoms with Gasteiger partial charge < -0.3 is 4.74 Å². The molecule has 164 valence electrons. The van der Waals surface area contributed by atoms with Gasteiger partial charge in [0, 0.05) is 29.1 Å². The number of carbonyl (C=O) groups excluding carboxylic acids is 1. The maximum atomic E-state index is 12.6. The molecule has 0 radical (unpaired) electrons. The van der Waals surface area contributed by atoms with Crippen LogP contribution in [0.2, 0.25) is 0 Å². The molecule has 3 aromatic rings. The van der Waals surface area contributed by atoms with Crippen molar-refractivity contribution in [1.29, 1.82) is 0 Å². The van der Waals surface area contributed by atoms with Gasteiger partial charge in [-0.2, -0.15) is 4.31 Å². The third-order valence-electron chi connectivity index (χ3n) is 4.90. The third-order valence-corrected chi connectivity index (χ3v) is 7.84. The Hall–Kier alpha value is -2.75. The lowest BCUT2D eigenvalue weighted by Gasteiger charge is -2.20. The highest BCUT2D eigenvalue weighted by Gasteiger charge is 2.23. The summed E-state index contributed by atoms with van der Waals surface area (Å²) in [6.07, 6.45) is 0. The molecule has 2 aromatic carbocycles. The van der Waals surface area contributed by atoms with Gasteiger partial charge in [0.25, 0.3) is 5.91 Å². The molecule has 7 nitrogen and oxygen atoms in total. The molecule has 0 saturated heterocycles. The Morgan fingerprint density at radius 3 is 2.26 bits per heavy atom. The summed E-state index contributed by atoms with van der Waals surface area (Å²) < 4.78 is 31.6. The van der Waals surface area contributed by atoms with Gasteiger partial charge in [0.05, 0.1) is 17.7 Å². The quantitative estimate of drug-likeness (QED) is 0.565. The molecule has 0 atom stereocenters. The zero-order valence-electron chi connectivity index (χ0n) is 18.0. The van der Waals surface area contributed by atoms with E-state index in [2.05, 4.69) is 10.3 Å². The zero-order chi connectivity index (χ0) is 22.8. The van der Waals surface area contributed by atoms with Crippen molar-refractivity contribution in [1.82, 2.24) is 9.29 Å². The van der Waals surface area contributed by atoms with E-state index in [1.165, 1.54) is 47.0 Å². The SMILES string of the molecule is COc1ccc(-c2nc(NC(=O)c3ccc(S(=O)(=O)N(C)C(C)C)cc3)sc2C)cc1. The fraction of sp³-hybridized carbons (Fsp3) is 0.273. The van der Waals surface area contributed by atoms with Crippen LogP contribution in [0.4, 0.5) is 5.13 Å². The summed E-state index contributed by atoms with van der Waals surface area (Å²) in [5.41, 5.74) is 2.07. The normalized spacial score (nSPS) is 11.7. The van der Waals surface area contributed by atoms with Crippen LogP contribution in [0.5, 0.6) is 5.75 Å². The summed E-state index contributed by atoms with van der Waals surface area (Å²) in [4.78, 5) is 18.3. The van der Waals surface area contributed by atoms with Gasteiger partial charge in [-0.25, -0.2) is 13.4 Å². The van der Waals surface area contributed by atoms with E-state index < -0.39 is 10.0 Å². The van der Waals surface area contributed by atoms with Crippen LogP contribution in [-0.2, 0) is 10.0 Å². The smallest absolute Gasteiger partial charge is 0.257 e. The van der Waals surface area contributed by atoms with E-state index in [0.29, 0.717) is 10.7 Å². The van der Waals surface area contributed by atoms with E-state index >= 15 is 0 Å². The van der Waals surface area contributed by atoms with E-state index in [1.807, 2.05) is 31.2 Å². The van der Waals surface area contributed by atoms with Crippen LogP contribution in [0.25, 0.3) is 11.3 Å². The van der Waals surface area contributed by atoms with E-state index in [0.717, 1.165) is 21.9 Å². The molecule has 0 aliphatic carbocycles. The van der Waals surface area contributed by atoms with Crippen molar-refractivity contribution in [3.8, 4) is 17.0 Å².